The molecular formula is C14H22Cl2N2. The van der Waals surface area contributed by atoms with Crippen LogP contribution in [0.3, 0.4) is 0 Å². The van der Waals surface area contributed by atoms with Crippen molar-refractivity contribution in [2.45, 2.75) is 31.7 Å². The maximum absolute atomic E-state index is 3.52. The summed E-state index contributed by atoms with van der Waals surface area (Å²) < 4.78 is 0. The number of rotatable bonds is 1. The fraction of sp³-hybridized carbons (Fsp3) is 0.571. The normalized spacial score (nSPS) is 22.4. The zero-order chi connectivity index (χ0) is 10.8. The molecule has 0 aliphatic carbocycles. The van der Waals surface area contributed by atoms with Crippen molar-refractivity contribution in [2.24, 2.45) is 0 Å². The maximum atomic E-state index is 3.52. The van der Waals surface area contributed by atoms with Gasteiger partial charge >= 0.3 is 0 Å². The number of hydrogen-bond donors (Lipinski definition) is 1. The van der Waals surface area contributed by atoms with Gasteiger partial charge in [0.1, 0.15) is 0 Å². The topological polar surface area (TPSA) is 15.3 Å². The van der Waals surface area contributed by atoms with Crippen molar-refractivity contribution in [1.29, 1.82) is 0 Å². The summed E-state index contributed by atoms with van der Waals surface area (Å²) in [5.41, 5.74) is 3.03. The largest absolute Gasteiger partial charge is 0.367 e. The van der Waals surface area contributed by atoms with E-state index in [1.165, 1.54) is 44.5 Å². The van der Waals surface area contributed by atoms with Gasteiger partial charge in [-0.25, -0.2) is 0 Å². The third-order valence-electron chi connectivity index (χ3n) is 3.86. The van der Waals surface area contributed by atoms with Gasteiger partial charge in [0.25, 0.3) is 0 Å². The highest BCUT2D eigenvalue weighted by atomic mass is 35.5. The molecule has 1 aromatic carbocycles. The molecule has 2 nitrogen and oxygen atoms in total. The summed E-state index contributed by atoms with van der Waals surface area (Å²) in [5, 5.41) is 3.52. The van der Waals surface area contributed by atoms with Gasteiger partial charge in [-0.05, 0) is 43.9 Å². The molecule has 1 aromatic rings. The summed E-state index contributed by atoms with van der Waals surface area (Å²) in [4.78, 5) is 2.63. The molecule has 0 amide bonds. The highest BCUT2D eigenvalue weighted by Crippen LogP contribution is 2.29. The summed E-state index contributed by atoms with van der Waals surface area (Å²) in [5.74, 6) is 0. The number of fused-ring (bicyclic) bond motifs is 1. The number of para-hydroxylation sites is 1. The minimum atomic E-state index is 0. The van der Waals surface area contributed by atoms with E-state index in [2.05, 4.69) is 34.5 Å². The lowest BCUT2D eigenvalue weighted by atomic mass is 9.97. The first-order valence-electron chi connectivity index (χ1n) is 6.50. The second kappa shape index (κ2) is 7.22. The van der Waals surface area contributed by atoms with Crippen LogP contribution in [-0.4, -0.2) is 25.7 Å². The molecule has 2 heterocycles. The molecule has 102 valence electrons. The number of piperidine rings is 1. The SMILES string of the molecule is Cl.Cl.c1ccc2c(c1)CCCN2C1CCCNC1. The predicted octanol–water partition coefficient (Wildman–Crippen LogP) is 3.03. The Bertz CT molecular complexity index is 365. The zero-order valence-electron chi connectivity index (χ0n) is 10.6. The molecule has 0 bridgehead atoms. The van der Waals surface area contributed by atoms with Crippen LogP contribution in [0.15, 0.2) is 24.3 Å². The Morgan fingerprint density at radius 3 is 2.72 bits per heavy atom. The smallest absolute Gasteiger partial charge is 0.0415 e. The van der Waals surface area contributed by atoms with Gasteiger partial charge in [0.15, 0.2) is 0 Å². The Kier molecular flexibility index (Phi) is 6.27. The van der Waals surface area contributed by atoms with E-state index in [0.29, 0.717) is 0 Å². The van der Waals surface area contributed by atoms with Crippen LogP contribution >= 0.6 is 24.8 Å². The van der Waals surface area contributed by atoms with Crippen molar-refractivity contribution in [1.82, 2.24) is 5.32 Å². The summed E-state index contributed by atoms with van der Waals surface area (Å²) in [7, 11) is 0. The second-order valence-electron chi connectivity index (χ2n) is 4.93. The minimum absolute atomic E-state index is 0. The van der Waals surface area contributed by atoms with Gasteiger partial charge in [-0.2, -0.15) is 0 Å². The Morgan fingerprint density at radius 2 is 1.94 bits per heavy atom. The molecule has 18 heavy (non-hydrogen) atoms. The molecule has 1 saturated heterocycles. The molecule has 3 rings (SSSR count). The highest BCUT2D eigenvalue weighted by Gasteiger charge is 2.24. The summed E-state index contributed by atoms with van der Waals surface area (Å²) >= 11 is 0. The van der Waals surface area contributed by atoms with E-state index >= 15 is 0 Å². The Labute approximate surface area is 122 Å². The molecule has 1 unspecified atom stereocenters. The molecule has 2 aliphatic rings. The van der Waals surface area contributed by atoms with E-state index in [-0.39, 0.29) is 24.8 Å². The number of nitrogens with zero attached hydrogens (tertiary/aromatic N) is 1. The Hall–Kier alpha value is -0.440. The van der Waals surface area contributed by atoms with E-state index in [0.717, 1.165) is 12.6 Å². The number of anilines is 1. The van der Waals surface area contributed by atoms with Crippen molar-refractivity contribution in [2.75, 3.05) is 24.5 Å². The van der Waals surface area contributed by atoms with E-state index in [4.69, 9.17) is 0 Å². The molecule has 1 N–H and O–H groups in total. The van der Waals surface area contributed by atoms with E-state index in [9.17, 15) is 0 Å². The molecule has 0 saturated carbocycles. The van der Waals surface area contributed by atoms with Gasteiger partial charge in [0.05, 0.1) is 0 Å². The van der Waals surface area contributed by atoms with Crippen LogP contribution in [0.2, 0.25) is 0 Å². The predicted molar refractivity (Wildman–Crippen MR) is 82.5 cm³/mol. The van der Waals surface area contributed by atoms with Crippen molar-refractivity contribution in [3.8, 4) is 0 Å². The van der Waals surface area contributed by atoms with Gasteiger partial charge in [-0.15, -0.1) is 24.8 Å². The quantitative estimate of drug-likeness (QED) is 0.855. The van der Waals surface area contributed by atoms with Crippen molar-refractivity contribution in [3.05, 3.63) is 29.8 Å². The maximum Gasteiger partial charge on any atom is 0.0415 e. The Balaban J connectivity index is 0.000000810. The summed E-state index contributed by atoms with van der Waals surface area (Å²) in [6.45, 7) is 3.60. The third-order valence-corrected chi connectivity index (χ3v) is 3.86. The average Bonchev–Trinajstić information content (AvgIpc) is 2.39. The fourth-order valence-corrected chi connectivity index (χ4v) is 3.04. The number of hydrogen-bond acceptors (Lipinski definition) is 2. The van der Waals surface area contributed by atoms with Crippen LogP contribution in [0.1, 0.15) is 24.8 Å². The van der Waals surface area contributed by atoms with Crippen molar-refractivity contribution < 1.29 is 0 Å². The summed E-state index contributed by atoms with van der Waals surface area (Å²) in [6.07, 6.45) is 5.24. The van der Waals surface area contributed by atoms with Crippen LogP contribution in [0.5, 0.6) is 0 Å². The Morgan fingerprint density at radius 1 is 1.11 bits per heavy atom. The van der Waals surface area contributed by atoms with Gasteiger partial charge < -0.3 is 10.2 Å². The minimum Gasteiger partial charge on any atom is -0.367 e. The van der Waals surface area contributed by atoms with E-state index in [1.807, 2.05) is 0 Å². The lowest BCUT2D eigenvalue weighted by molar-refractivity contribution is 0.424. The van der Waals surface area contributed by atoms with Gasteiger partial charge in [-0.1, -0.05) is 18.2 Å². The number of nitrogens with one attached hydrogen (secondary N) is 1. The van der Waals surface area contributed by atoms with Gasteiger partial charge in [0, 0.05) is 24.8 Å². The first kappa shape index (κ1) is 15.6. The van der Waals surface area contributed by atoms with Crippen LogP contribution < -0.4 is 10.2 Å². The average molecular weight is 289 g/mol. The molecule has 0 spiro atoms. The second-order valence-corrected chi connectivity index (χ2v) is 4.93. The molecular weight excluding hydrogens is 267 g/mol. The standard InChI is InChI=1S/C14H20N2.2ClH/c1-2-8-14-12(5-1)6-4-10-16(14)13-7-3-9-15-11-13;;/h1-2,5,8,13,15H,3-4,6-7,9-11H2;2*1H. The lowest BCUT2D eigenvalue weighted by Crippen LogP contribution is -2.48. The van der Waals surface area contributed by atoms with Crippen LogP contribution in [0, 0.1) is 0 Å². The molecule has 1 atom stereocenters. The zero-order valence-corrected chi connectivity index (χ0v) is 12.2. The van der Waals surface area contributed by atoms with E-state index < -0.39 is 0 Å². The van der Waals surface area contributed by atoms with E-state index in [1.54, 1.807) is 5.56 Å². The van der Waals surface area contributed by atoms with Crippen molar-refractivity contribution in [3.63, 3.8) is 0 Å². The first-order valence-corrected chi connectivity index (χ1v) is 6.50. The molecule has 4 heteroatoms. The number of halogens is 2. The van der Waals surface area contributed by atoms with Crippen molar-refractivity contribution >= 4 is 30.5 Å². The van der Waals surface area contributed by atoms with Gasteiger partial charge in [0.2, 0.25) is 0 Å². The van der Waals surface area contributed by atoms with Crippen LogP contribution in [0.25, 0.3) is 0 Å². The van der Waals surface area contributed by atoms with Crippen LogP contribution in [0.4, 0.5) is 5.69 Å². The molecule has 1 fully saturated rings. The monoisotopic (exact) mass is 288 g/mol. The highest BCUT2D eigenvalue weighted by molar-refractivity contribution is 5.85. The molecule has 0 aromatic heterocycles. The van der Waals surface area contributed by atoms with Crippen LogP contribution in [-0.2, 0) is 6.42 Å². The van der Waals surface area contributed by atoms with Gasteiger partial charge in [-0.3, -0.25) is 0 Å². The first-order chi connectivity index (χ1) is 7.95. The lowest BCUT2D eigenvalue weighted by Gasteiger charge is -2.40. The fourth-order valence-electron chi connectivity index (χ4n) is 3.04. The molecule has 2 aliphatic heterocycles. The number of aryl methyl sites for hydroxylation is 1. The summed E-state index contributed by atoms with van der Waals surface area (Å²) in [6, 6.07) is 9.64. The third kappa shape index (κ3) is 3.11. The number of benzene rings is 1. The molecule has 0 radical (unpaired) electrons.